The van der Waals surface area contributed by atoms with Crippen LogP contribution in [0, 0.1) is 10.1 Å². The third-order valence-corrected chi connectivity index (χ3v) is 4.29. The van der Waals surface area contributed by atoms with Gasteiger partial charge in [-0.15, -0.1) is 0 Å². The highest BCUT2D eigenvalue weighted by Gasteiger charge is 2.34. The van der Waals surface area contributed by atoms with Crippen LogP contribution in [0.5, 0.6) is 0 Å². The van der Waals surface area contributed by atoms with Gasteiger partial charge in [0.25, 0.3) is 5.69 Å². The van der Waals surface area contributed by atoms with Gasteiger partial charge in [-0.25, -0.2) is 4.79 Å². The smallest absolute Gasteiger partial charge is 0.340 e. The first-order valence-corrected chi connectivity index (χ1v) is 7.55. The van der Waals surface area contributed by atoms with Crippen molar-refractivity contribution in [2.45, 2.75) is 18.6 Å². The molecule has 1 fully saturated rings. The first-order chi connectivity index (χ1) is 10.8. The van der Waals surface area contributed by atoms with Crippen LogP contribution in [-0.4, -0.2) is 40.8 Å². The second-order valence-electron chi connectivity index (χ2n) is 4.89. The highest BCUT2D eigenvalue weighted by Crippen LogP contribution is 2.32. The molecule has 1 amide bonds. The van der Waals surface area contributed by atoms with Gasteiger partial charge in [0.2, 0.25) is 5.91 Å². The minimum atomic E-state index is -0.765. The number of ether oxygens (including phenoxy) is 1. The van der Waals surface area contributed by atoms with E-state index < -0.39 is 10.9 Å². The average Bonchev–Trinajstić information content (AvgIpc) is 2.85. The number of anilines is 1. The summed E-state index contributed by atoms with van der Waals surface area (Å²) >= 11 is 1.07. The zero-order valence-corrected chi connectivity index (χ0v) is 13.3. The van der Waals surface area contributed by atoms with Crippen LogP contribution in [0.4, 0.5) is 11.4 Å². The van der Waals surface area contributed by atoms with Crippen LogP contribution in [0.3, 0.4) is 0 Å². The Morgan fingerprint density at radius 3 is 2.70 bits per heavy atom. The molecule has 0 bridgehead atoms. The number of rotatable bonds is 4. The Kier molecular flexibility index (Phi) is 4.99. The molecule has 1 aliphatic heterocycles. The average molecular weight is 338 g/mol. The van der Waals surface area contributed by atoms with Crippen LogP contribution in [0.2, 0.25) is 0 Å². The van der Waals surface area contributed by atoms with Crippen molar-refractivity contribution in [3.63, 3.8) is 0 Å². The number of nitro benzene ring substituents is 1. The minimum Gasteiger partial charge on any atom is -0.465 e. The maximum absolute atomic E-state index is 12.2. The molecule has 1 unspecified atom stereocenters. The summed E-state index contributed by atoms with van der Waals surface area (Å²) in [6.45, 7) is 1.68. The normalized spacial score (nSPS) is 17.2. The van der Waals surface area contributed by atoms with Crippen molar-refractivity contribution in [3.8, 4) is 0 Å². The quantitative estimate of drug-likeness (QED) is 0.468. The number of benzene rings is 1. The van der Waals surface area contributed by atoms with Gasteiger partial charge in [0.15, 0.2) is 5.12 Å². The van der Waals surface area contributed by atoms with Crippen molar-refractivity contribution in [2.24, 2.45) is 0 Å². The number of esters is 1. The number of carbonyl (C=O) groups is 3. The summed E-state index contributed by atoms with van der Waals surface area (Å²) in [6, 6.07) is 3.66. The maximum Gasteiger partial charge on any atom is 0.340 e. The van der Waals surface area contributed by atoms with Crippen LogP contribution in [0.1, 0.15) is 23.7 Å². The molecule has 9 heteroatoms. The van der Waals surface area contributed by atoms with E-state index in [9.17, 15) is 24.5 Å². The Balaban J connectivity index is 2.38. The molecule has 0 aromatic heterocycles. The van der Waals surface area contributed by atoms with Crippen LogP contribution in [0.15, 0.2) is 18.2 Å². The van der Waals surface area contributed by atoms with Crippen LogP contribution >= 0.6 is 11.8 Å². The second-order valence-corrected chi connectivity index (χ2v) is 6.37. The molecule has 1 aromatic carbocycles. The Bertz CT molecular complexity index is 690. The van der Waals surface area contributed by atoms with Crippen molar-refractivity contribution in [2.75, 3.05) is 18.6 Å². The lowest BCUT2D eigenvalue weighted by Crippen LogP contribution is -2.27. The lowest BCUT2D eigenvalue weighted by atomic mass is 10.1. The standard InChI is InChI=1S/C14H14N2O6S/c1-8(17)23-10-6-13(18)15(7-10)12-4-3-9(16(20)21)5-11(12)14(19)22-2/h3-5,10H,6-7H2,1-2H3. The van der Waals surface area contributed by atoms with E-state index in [-0.39, 0.29) is 46.2 Å². The molecule has 0 N–H and O–H groups in total. The third-order valence-electron chi connectivity index (χ3n) is 3.31. The maximum atomic E-state index is 12.2. The molecular formula is C14H14N2O6S. The van der Waals surface area contributed by atoms with Gasteiger partial charge in [-0.3, -0.25) is 19.7 Å². The van der Waals surface area contributed by atoms with Crippen molar-refractivity contribution in [1.82, 2.24) is 0 Å². The largest absolute Gasteiger partial charge is 0.465 e. The molecule has 1 saturated heterocycles. The topological polar surface area (TPSA) is 107 Å². The molecule has 0 aliphatic carbocycles. The number of carbonyl (C=O) groups excluding carboxylic acids is 3. The van der Waals surface area contributed by atoms with Gasteiger partial charge < -0.3 is 9.64 Å². The summed E-state index contributed by atoms with van der Waals surface area (Å²) in [5.74, 6) is -1.01. The number of hydrogen-bond donors (Lipinski definition) is 0. The Hall–Kier alpha value is -2.42. The number of methoxy groups -OCH3 is 1. The molecule has 0 spiro atoms. The second kappa shape index (κ2) is 6.78. The van der Waals surface area contributed by atoms with Crippen molar-refractivity contribution in [1.29, 1.82) is 0 Å². The van der Waals surface area contributed by atoms with Crippen LogP contribution in [-0.2, 0) is 14.3 Å². The molecule has 1 aromatic rings. The summed E-state index contributed by atoms with van der Waals surface area (Å²) in [6.07, 6.45) is 0.168. The number of nitrogens with zero attached hydrogens (tertiary/aromatic N) is 2. The fraction of sp³-hybridized carbons (Fsp3) is 0.357. The molecule has 1 heterocycles. The molecule has 2 rings (SSSR count). The first-order valence-electron chi connectivity index (χ1n) is 6.67. The number of amides is 1. The Morgan fingerprint density at radius 2 is 2.13 bits per heavy atom. The minimum absolute atomic E-state index is 0.0523. The van der Waals surface area contributed by atoms with Crippen LogP contribution in [0.25, 0.3) is 0 Å². The molecule has 23 heavy (non-hydrogen) atoms. The van der Waals surface area contributed by atoms with E-state index in [1.807, 2.05) is 0 Å². The molecule has 1 aliphatic rings. The summed E-state index contributed by atoms with van der Waals surface area (Å²) in [5, 5.41) is 10.6. The molecule has 1 atom stereocenters. The highest BCUT2D eigenvalue weighted by molar-refractivity contribution is 8.14. The van der Waals surface area contributed by atoms with Gasteiger partial charge in [-0.1, -0.05) is 11.8 Å². The summed E-state index contributed by atoms with van der Waals surface area (Å²) in [5.41, 5.74) is -0.0712. The van der Waals surface area contributed by atoms with Crippen molar-refractivity contribution in [3.05, 3.63) is 33.9 Å². The summed E-state index contributed by atoms with van der Waals surface area (Å²) in [4.78, 5) is 46.8. The lowest BCUT2D eigenvalue weighted by Gasteiger charge is -2.19. The number of nitro groups is 1. The van der Waals surface area contributed by atoms with E-state index in [4.69, 9.17) is 0 Å². The molecule has 8 nitrogen and oxygen atoms in total. The van der Waals surface area contributed by atoms with E-state index >= 15 is 0 Å². The summed E-state index contributed by atoms with van der Waals surface area (Å²) in [7, 11) is 1.16. The van der Waals surface area contributed by atoms with E-state index in [1.165, 1.54) is 24.0 Å². The zero-order valence-electron chi connectivity index (χ0n) is 12.5. The first kappa shape index (κ1) is 16.9. The zero-order chi connectivity index (χ0) is 17.1. The SMILES string of the molecule is COC(=O)c1cc([N+](=O)[O-])ccc1N1CC(SC(C)=O)CC1=O. The van der Waals surface area contributed by atoms with E-state index in [2.05, 4.69) is 4.74 Å². The molecule has 122 valence electrons. The molecule has 0 saturated carbocycles. The van der Waals surface area contributed by atoms with E-state index in [0.29, 0.717) is 0 Å². The van der Waals surface area contributed by atoms with Gasteiger partial charge in [0.1, 0.15) is 0 Å². The van der Waals surface area contributed by atoms with Gasteiger partial charge in [0, 0.05) is 37.3 Å². The fourth-order valence-corrected chi connectivity index (χ4v) is 3.29. The van der Waals surface area contributed by atoms with E-state index in [1.54, 1.807) is 0 Å². The van der Waals surface area contributed by atoms with Crippen molar-refractivity contribution < 1.29 is 24.0 Å². The summed E-state index contributed by atoms with van der Waals surface area (Å²) < 4.78 is 4.64. The molecule has 0 radical (unpaired) electrons. The highest BCUT2D eigenvalue weighted by atomic mass is 32.2. The van der Waals surface area contributed by atoms with Crippen molar-refractivity contribution >= 4 is 40.1 Å². The fourth-order valence-electron chi connectivity index (χ4n) is 2.37. The number of non-ortho nitro benzene ring substituents is 1. The van der Waals surface area contributed by atoms with Gasteiger partial charge in [0.05, 0.1) is 23.3 Å². The lowest BCUT2D eigenvalue weighted by molar-refractivity contribution is -0.384. The van der Waals surface area contributed by atoms with Gasteiger partial charge in [-0.2, -0.15) is 0 Å². The van der Waals surface area contributed by atoms with Gasteiger partial charge >= 0.3 is 5.97 Å². The van der Waals surface area contributed by atoms with Gasteiger partial charge in [-0.05, 0) is 6.07 Å². The van der Waals surface area contributed by atoms with E-state index in [0.717, 1.165) is 24.9 Å². The monoisotopic (exact) mass is 338 g/mol. The predicted octanol–water partition coefficient (Wildman–Crippen LogP) is 1.77. The third kappa shape index (κ3) is 3.67. The predicted molar refractivity (Wildman–Crippen MR) is 83.5 cm³/mol. The number of thioether (sulfide) groups is 1. The molecular weight excluding hydrogens is 324 g/mol. The van der Waals surface area contributed by atoms with Crippen LogP contribution < -0.4 is 4.90 Å². The number of hydrogen-bond acceptors (Lipinski definition) is 7. The Labute approximate surface area is 135 Å². The Morgan fingerprint density at radius 1 is 1.43 bits per heavy atom.